The van der Waals surface area contributed by atoms with Gasteiger partial charge in [-0.2, -0.15) is 0 Å². The average Bonchev–Trinajstić information content (AvgIpc) is 2.44. The largest absolute Gasteiger partial charge is 0.329 e. The monoisotopic (exact) mass is 267 g/mol. The molecule has 4 unspecified atom stereocenters. The van der Waals surface area contributed by atoms with Gasteiger partial charge in [0.2, 0.25) is 0 Å². The summed E-state index contributed by atoms with van der Waals surface area (Å²) in [7, 11) is 0. The summed E-state index contributed by atoms with van der Waals surface area (Å²) in [6.07, 6.45) is 5.44. The standard InChI is InChI=1S/C16H33N3/c1-4-15(12-17)18-7-9-19(10-8-18)16-6-5-13(2)14(3)11-16/h13-16H,4-12,17H2,1-3H3. The second-order valence-electron chi connectivity index (χ2n) is 6.79. The minimum absolute atomic E-state index is 0.604. The van der Waals surface area contributed by atoms with E-state index >= 15 is 0 Å². The zero-order chi connectivity index (χ0) is 13.8. The highest BCUT2D eigenvalue weighted by molar-refractivity contribution is 4.86. The molecule has 0 spiro atoms. The molecule has 0 aromatic heterocycles. The minimum Gasteiger partial charge on any atom is -0.329 e. The van der Waals surface area contributed by atoms with E-state index < -0.39 is 0 Å². The summed E-state index contributed by atoms with van der Waals surface area (Å²) in [6, 6.07) is 1.46. The SMILES string of the molecule is CCC(CN)N1CCN(C2CCC(C)C(C)C2)CC1. The number of nitrogens with zero attached hydrogens (tertiary/aromatic N) is 2. The molecule has 4 atom stereocenters. The molecule has 1 heterocycles. The maximum atomic E-state index is 5.87. The van der Waals surface area contributed by atoms with Gasteiger partial charge in [-0.05, 0) is 37.5 Å². The highest BCUT2D eigenvalue weighted by Gasteiger charge is 2.31. The molecule has 2 N–H and O–H groups in total. The lowest BCUT2D eigenvalue weighted by atomic mass is 9.78. The Morgan fingerprint density at radius 2 is 1.74 bits per heavy atom. The fourth-order valence-corrected chi connectivity index (χ4v) is 3.89. The first-order chi connectivity index (χ1) is 9.15. The first-order valence-electron chi connectivity index (χ1n) is 8.33. The summed E-state index contributed by atoms with van der Waals surface area (Å²) in [4.78, 5) is 5.35. The normalized spacial score (nSPS) is 36.3. The van der Waals surface area contributed by atoms with Crippen LogP contribution in [0.25, 0.3) is 0 Å². The van der Waals surface area contributed by atoms with Gasteiger partial charge in [-0.25, -0.2) is 0 Å². The van der Waals surface area contributed by atoms with E-state index in [1.165, 1.54) is 51.9 Å². The zero-order valence-corrected chi connectivity index (χ0v) is 13.1. The third kappa shape index (κ3) is 3.71. The van der Waals surface area contributed by atoms with Gasteiger partial charge >= 0.3 is 0 Å². The highest BCUT2D eigenvalue weighted by atomic mass is 15.3. The number of hydrogen-bond acceptors (Lipinski definition) is 3. The van der Waals surface area contributed by atoms with Crippen LogP contribution >= 0.6 is 0 Å². The molecule has 1 saturated carbocycles. The van der Waals surface area contributed by atoms with Crippen LogP contribution in [-0.4, -0.2) is 54.6 Å². The van der Waals surface area contributed by atoms with Crippen molar-refractivity contribution in [3.63, 3.8) is 0 Å². The van der Waals surface area contributed by atoms with E-state index in [1.54, 1.807) is 0 Å². The Morgan fingerprint density at radius 1 is 1.05 bits per heavy atom. The van der Waals surface area contributed by atoms with Crippen LogP contribution in [-0.2, 0) is 0 Å². The predicted molar refractivity (Wildman–Crippen MR) is 82.2 cm³/mol. The molecule has 3 heteroatoms. The molecule has 19 heavy (non-hydrogen) atoms. The summed E-state index contributed by atoms with van der Waals surface area (Å²) >= 11 is 0. The van der Waals surface area contributed by atoms with Gasteiger partial charge in [0.25, 0.3) is 0 Å². The molecule has 0 amide bonds. The first-order valence-corrected chi connectivity index (χ1v) is 8.33. The summed E-state index contributed by atoms with van der Waals surface area (Å²) in [5.74, 6) is 1.84. The van der Waals surface area contributed by atoms with Crippen molar-refractivity contribution in [3.8, 4) is 0 Å². The average molecular weight is 267 g/mol. The second-order valence-corrected chi connectivity index (χ2v) is 6.79. The molecule has 3 nitrogen and oxygen atoms in total. The van der Waals surface area contributed by atoms with Crippen molar-refractivity contribution in [1.82, 2.24) is 9.80 Å². The van der Waals surface area contributed by atoms with Crippen LogP contribution in [0.15, 0.2) is 0 Å². The van der Waals surface area contributed by atoms with E-state index in [0.717, 1.165) is 24.4 Å². The van der Waals surface area contributed by atoms with E-state index in [9.17, 15) is 0 Å². The van der Waals surface area contributed by atoms with Gasteiger partial charge in [0.05, 0.1) is 0 Å². The molecule has 0 aromatic rings. The van der Waals surface area contributed by atoms with Crippen molar-refractivity contribution >= 4 is 0 Å². The van der Waals surface area contributed by atoms with Crippen molar-refractivity contribution in [2.75, 3.05) is 32.7 Å². The van der Waals surface area contributed by atoms with E-state index in [0.29, 0.717) is 6.04 Å². The number of hydrogen-bond donors (Lipinski definition) is 1. The van der Waals surface area contributed by atoms with Crippen LogP contribution in [0.3, 0.4) is 0 Å². The Bertz CT molecular complexity index is 257. The maximum Gasteiger partial charge on any atom is 0.0216 e. The fourth-order valence-electron chi connectivity index (χ4n) is 3.89. The molecule has 1 aliphatic carbocycles. The summed E-state index contributed by atoms with van der Waals surface area (Å²) < 4.78 is 0. The smallest absolute Gasteiger partial charge is 0.0216 e. The lowest BCUT2D eigenvalue weighted by molar-refractivity contribution is 0.0410. The van der Waals surface area contributed by atoms with Gasteiger partial charge in [0, 0.05) is 44.8 Å². The Labute approximate surface area is 119 Å². The zero-order valence-electron chi connectivity index (χ0n) is 13.1. The number of piperazine rings is 1. The van der Waals surface area contributed by atoms with Crippen LogP contribution in [0.1, 0.15) is 46.5 Å². The first kappa shape index (κ1) is 15.3. The van der Waals surface area contributed by atoms with Crippen LogP contribution in [0.4, 0.5) is 0 Å². The minimum atomic E-state index is 0.604. The molecule has 0 bridgehead atoms. The quantitative estimate of drug-likeness (QED) is 0.847. The van der Waals surface area contributed by atoms with Crippen LogP contribution in [0, 0.1) is 11.8 Å². The second kappa shape index (κ2) is 7.05. The lowest BCUT2D eigenvalue weighted by Crippen LogP contribution is -2.55. The van der Waals surface area contributed by atoms with Crippen LogP contribution in [0.5, 0.6) is 0 Å². The molecule has 0 aromatic carbocycles. The summed E-state index contributed by atoms with van der Waals surface area (Å²) in [6.45, 7) is 12.9. The predicted octanol–water partition coefficient (Wildman–Crippen LogP) is 2.17. The maximum absolute atomic E-state index is 5.87. The molecule has 2 aliphatic rings. The van der Waals surface area contributed by atoms with Crippen molar-refractivity contribution in [1.29, 1.82) is 0 Å². The highest BCUT2D eigenvalue weighted by Crippen LogP contribution is 2.32. The van der Waals surface area contributed by atoms with E-state index in [1.807, 2.05) is 0 Å². The van der Waals surface area contributed by atoms with Gasteiger partial charge < -0.3 is 5.73 Å². The molecule has 0 radical (unpaired) electrons. The third-order valence-electron chi connectivity index (χ3n) is 5.70. The Balaban J connectivity index is 1.80. The van der Waals surface area contributed by atoms with Gasteiger partial charge in [0.15, 0.2) is 0 Å². The number of nitrogens with two attached hydrogens (primary N) is 1. The molecule has 112 valence electrons. The Kier molecular flexibility index (Phi) is 5.67. The molecular formula is C16H33N3. The topological polar surface area (TPSA) is 32.5 Å². The van der Waals surface area contributed by atoms with Gasteiger partial charge in [0.1, 0.15) is 0 Å². The van der Waals surface area contributed by atoms with Crippen LogP contribution < -0.4 is 5.73 Å². The van der Waals surface area contributed by atoms with Crippen molar-refractivity contribution in [2.24, 2.45) is 17.6 Å². The molecule has 1 saturated heterocycles. The molecule has 1 aliphatic heterocycles. The summed E-state index contributed by atoms with van der Waals surface area (Å²) in [5.41, 5.74) is 5.87. The molecule has 2 fully saturated rings. The van der Waals surface area contributed by atoms with Gasteiger partial charge in [-0.3, -0.25) is 9.80 Å². The lowest BCUT2D eigenvalue weighted by Gasteiger charge is -2.45. The number of rotatable bonds is 4. The van der Waals surface area contributed by atoms with Crippen LogP contribution in [0.2, 0.25) is 0 Å². The van der Waals surface area contributed by atoms with Gasteiger partial charge in [-0.15, -0.1) is 0 Å². The van der Waals surface area contributed by atoms with Gasteiger partial charge in [-0.1, -0.05) is 20.8 Å². The van der Waals surface area contributed by atoms with Crippen molar-refractivity contribution in [3.05, 3.63) is 0 Å². The molecular weight excluding hydrogens is 234 g/mol. The molecule has 2 rings (SSSR count). The van der Waals surface area contributed by atoms with E-state index in [2.05, 4.69) is 30.6 Å². The third-order valence-corrected chi connectivity index (χ3v) is 5.70. The van der Waals surface area contributed by atoms with E-state index in [-0.39, 0.29) is 0 Å². The van der Waals surface area contributed by atoms with Crippen molar-refractivity contribution < 1.29 is 0 Å². The Hall–Kier alpha value is -0.120. The Morgan fingerprint density at radius 3 is 2.26 bits per heavy atom. The fraction of sp³-hybridized carbons (Fsp3) is 1.00. The summed E-state index contributed by atoms with van der Waals surface area (Å²) in [5, 5.41) is 0. The van der Waals surface area contributed by atoms with Crippen molar-refractivity contribution in [2.45, 2.75) is 58.5 Å². The van der Waals surface area contributed by atoms with E-state index in [4.69, 9.17) is 5.73 Å².